The molecule has 5 heteroatoms. The van der Waals surface area contributed by atoms with Crippen molar-refractivity contribution in [3.8, 4) is 0 Å². The van der Waals surface area contributed by atoms with Crippen LogP contribution in [-0.2, 0) is 12.2 Å². The molecule has 1 saturated carbocycles. The van der Waals surface area contributed by atoms with E-state index in [-0.39, 0.29) is 0 Å². The minimum atomic E-state index is 0.593. The average molecular weight is 280 g/mol. The minimum Gasteiger partial charge on any atom is -0.308 e. The number of anilines is 1. The number of hydrogen-bond donors (Lipinski definition) is 2. The van der Waals surface area contributed by atoms with Crippen LogP contribution in [0.25, 0.3) is 0 Å². The minimum absolute atomic E-state index is 0.593. The van der Waals surface area contributed by atoms with Gasteiger partial charge in [0.05, 0.1) is 5.75 Å². The van der Waals surface area contributed by atoms with Gasteiger partial charge in [0.1, 0.15) is 11.6 Å². The molecule has 0 saturated heterocycles. The third kappa shape index (κ3) is 4.66. The van der Waals surface area contributed by atoms with E-state index in [1.54, 1.807) is 0 Å². The first-order chi connectivity index (χ1) is 9.17. The molecule has 2 rings (SSSR count). The van der Waals surface area contributed by atoms with Crippen LogP contribution < -0.4 is 11.3 Å². The number of rotatable bonds is 6. The van der Waals surface area contributed by atoms with Gasteiger partial charge in [-0.15, -0.1) is 0 Å². The standard InChI is InChI=1S/C14H24N4S/c1-10(2)7-11-8-13(18-15)17-14(16-11)9-19-12-5-3-4-6-12/h8,10,12H,3-7,9,15H2,1-2H3,(H,16,17,18). The zero-order valence-corrected chi connectivity index (χ0v) is 12.7. The molecule has 1 fully saturated rings. The van der Waals surface area contributed by atoms with E-state index in [0.29, 0.717) is 5.92 Å². The van der Waals surface area contributed by atoms with Crippen LogP contribution in [0.3, 0.4) is 0 Å². The number of nitrogens with one attached hydrogen (secondary N) is 1. The van der Waals surface area contributed by atoms with Crippen LogP contribution in [0.15, 0.2) is 6.07 Å². The molecule has 0 radical (unpaired) electrons. The number of nitrogens with two attached hydrogens (primary N) is 1. The van der Waals surface area contributed by atoms with Crippen molar-refractivity contribution < 1.29 is 0 Å². The van der Waals surface area contributed by atoms with Gasteiger partial charge in [0.15, 0.2) is 0 Å². The third-order valence-corrected chi connectivity index (χ3v) is 4.71. The van der Waals surface area contributed by atoms with Crippen molar-refractivity contribution in [2.45, 2.75) is 57.0 Å². The Morgan fingerprint density at radius 3 is 2.74 bits per heavy atom. The zero-order chi connectivity index (χ0) is 13.7. The van der Waals surface area contributed by atoms with Crippen molar-refractivity contribution in [2.24, 2.45) is 11.8 Å². The highest BCUT2D eigenvalue weighted by molar-refractivity contribution is 7.99. The van der Waals surface area contributed by atoms with Crippen LogP contribution in [0.2, 0.25) is 0 Å². The number of aromatic nitrogens is 2. The van der Waals surface area contributed by atoms with Gasteiger partial charge >= 0.3 is 0 Å². The molecule has 1 aliphatic rings. The number of hydrogen-bond acceptors (Lipinski definition) is 5. The molecule has 0 unspecified atom stereocenters. The highest BCUT2D eigenvalue weighted by atomic mass is 32.2. The Morgan fingerprint density at radius 1 is 1.37 bits per heavy atom. The average Bonchev–Trinajstić information content (AvgIpc) is 2.88. The molecule has 106 valence electrons. The monoisotopic (exact) mass is 280 g/mol. The van der Waals surface area contributed by atoms with E-state index in [0.717, 1.165) is 34.8 Å². The summed E-state index contributed by atoms with van der Waals surface area (Å²) in [7, 11) is 0. The Bertz CT molecular complexity index is 402. The summed E-state index contributed by atoms with van der Waals surface area (Å²) >= 11 is 1.99. The third-order valence-electron chi connectivity index (χ3n) is 3.34. The summed E-state index contributed by atoms with van der Waals surface area (Å²) in [6.07, 6.45) is 6.41. The maximum absolute atomic E-state index is 5.49. The summed E-state index contributed by atoms with van der Waals surface area (Å²) in [6.45, 7) is 4.40. The van der Waals surface area contributed by atoms with Gasteiger partial charge in [-0.1, -0.05) is 26.7 Å². The predicted octanol–water partition coefficient (Wildman–Crippen LogP) is 3.14. The van der Waals surface area contributed by atoms with Crippen LogP contribution in [0.1, 0.15) is 51.0 Å². The Labute approximate surface area is 119 Å². The first kappa shape index (κ1) is 14.6. The highest BCUT2D eigenvalue weighted by Crippen LogP contribution is 2.31. The van der Waals surface area contributed by atoms with Gasteiger partial charge in [-0.25, -0.2) is 15.8 Å². The molecule has 0 aliphatic heterocycles. The molecule has 0 spiro atoms. The summed E-state index contributed by atoms with van der Waals surface area (Å²) in [5.74, 6) is 8.61. The van der Waals surface area contributed by atoms with Crippen LogP contribution >= 0.6 is 11.8 Å². The maximum atomic E-state index is 5.49. The number of nitrogen functional groups attached to an aromatic ring is 1. The molecule has 0 atom stereocenters. The van der Waals surface area contributed by atoms with Crippen molar-refractivity contribution in [3.05, 3.63) is 17.6 Å². The summed E-state index contributed by atoms with van der Waals surface area (Å²) in [4.78, 5) is 9.11. The smallest absolute Gasteiger partial charge is 0.143 e. The maximum Gasteiger partial charge on any atom is 0.143 e. The van der Waals surface area contributed by atoms with E-state index >= 15 is 0 Å². The molecule has 1 heterocycles. The van der Waals surface area contributed by atoms with Crippen LogP contribution in [0.5, 0.6) is 0 Å². The number of thioether (sulfide) groups is 1. The molecule has 1 aromatic heterocycles. The second-order valence-electron chi connectivity index (χ2n) is 5.62. The predicted molar refractivity (Wildman–Crippen MR) is 81.9 cm³/mol. The topological polar surface area (TPSA) is 63.8 Å². The lowest BCUT2D eigenvalue weighted by atomic mass is 10.1. The molecule has 1 aliphatic carbocycles. The molecule has 1 aromatic rings. The number of hydrazine groups is 1. The molecule has 3 N–H and O–H groups in total. The van der Waals surface area contributed by atoms with Gasteiger partial charge in [0, 0.05) is 17.0 Å². The second kappa shape index (κ2) is 7.10. The van der Waals surface area contributed by atoms with E-state index in [9.17, 15) is 0 Å². The van der Waals surface area contributed by atoms with Gasteiger partial charge in [-0.3, -0.25) is 0 Å². The van der Waals surface area contributed by atoms with E-state index < -0.39 is 0 Å². The van der Waals surface area contributed by atoms with Crippen LogP contribution in [0, 0.1) is 5.92 Å². The summed E-state index contributed by atoms with van der Waals surface area (Å²) in [5, 5.41) is 0.798. The highest BCUT2D eigenvalue weighted by Gasteiger charge is 2.16. The van der Waals surface area contributed by atoms with Crippen molar-refractivity contribution in [3.63, 3.8) is 0 Å². The largest absolute Gasteiger partial charge is 0.308 e. The van der Waals surface area contributed by atoms with E-state index in [4.69, 9.17) is 5.84 Å². The van der Waals surface area contributed by atoms with Crippen LogP contribution in [-0.4, -0.2) is 15.2 Å². The van der Waals surface area contributed by atoms with Gasteiger partial charge in [-0.05, 0) is 25.2 Å². The Morgan fingerprint density at radius 2 is 2.11 bits per heavy atom. The Balaban J connectivity index is 2.00. The van der Waals surface area contributed by atoms with Gasteiger partial charge in [0.2, 0.25) is 0 Å². The van der Waals surface area contributed by atoms with Gasteiger partial charge in [0.25, 0.3) is 0 Å². The molecule has 4 nitrogen and oxygen atoms in total. The van der Waals surface area contributed by atoms with E-state index in [1.807, 2.05) is 17.8 Å². The molecule has 0 bridgehead atoms. The van der Waals surface area contributed by atoms with E-state index in [1.165, 1.54) is 25.7 Å². The molecular weight excluding hydrogens is 256 g/mol. The molecule has 0 amide bonds. The first-order valence-corrected chi connectivity index (χ1v) is 8.17. The fraction of sp³-hybridized carbons (Fsp3) is 0.714. The zero-order valence-electron chi connectivity index (χ0n) is 11.9. The number of nitrogens with zero attached hydrogens (tertiary/aromatic N) is 2. The van der Waals surface area contributed by atoms with Crippen molar-refractivity contribution in [2.75, 3.05) is 5.43 Å². The van der Waals surface area contributed by atoms with Crippen molar-refractivity contribution in [1.29, 1.82) is 0 Å². The van der Waals surface area contributed by atoms with Gasteiger partial charge in [-0.2, -0.15) is 11.8 Å². The lowest BCUT2D eigenvalue weighted by Crippen LogP contribution is -2.12. The lowest BCUT2D eigenvalue weighted by molar-refractivity contribution is 0.632. The summed E-state index contributed by atoms with van der Waals surface area (Å²) < 4.78 is 0. The summed E-state index contributed by atoms with van der Waals surface area (Å²) in [6, 6.07) is 1.95. The fourth-order valence-corrected chi connectivity index (χ4v) is 3.64. The Hall–Kier alpha value is -0.810. The normalized spacial score (nSPS) is 16.2. The van der Waals surface area contributed by atoms with Crippen molar-refractivity contribution in [1.82, 2.24) is 9.97 Å². The first-order valence-electron chi connectivity index (χ1n) is 7.12. The fourth-order valence-electron chi connectivity index (χ4n) is 2.46. The van der Waals surface area contributed by atoms with Crippen molar-refractivity contribution >= 4 is 17.6 Å². The van der Waals surface area contributed by atoms with Crippen LogP contribution in [0.4, 0.5) is 5.82 Å². The quantitative estimate of drug-likeness (QED) is 0.619. The SMILES string of the molecule is CC(C)Cc1cc(NN)nc(CSC2CCCC2)n1. The van der Waals surface area contributed by atoms with Gasteiger partial charge < -0.3 is 5.43 Å². The summed E-state index contributed by atoms with van der Waals surface area (Å²) in [5.41, 5.74) is 3.73. The lowest BCUT2D eigenvalue weighted by Gasteiger charge is -2.11. The molecule has 19 heavy (non-hydrogen) atoms. The second-order valence-corrected chi connectivity index (χ2v) is 6.91. The van der Waals surface area contributed by atoms with E-state index in [2.05, 4.69) is 29.2 Å². The Kier molecular flexibility index (Phi) is 5.45. The molecule has 0 aromatic carbocycles. The molecular formula is C14H24N4S.